The molecule has 0 unspecified atom stereocenters. The fourth-order valence-corrected chi connectivity index (χ4v) is 2.97. The molecule has 1 saturated heterocycles. The molecule has 8 heteroatoms. The number of carbonyl (C=O) groups excluding carboxylic acids is 2. The van der Waals surface area contributed by atoms with Gasteiger partial charge in [0.2, 0.25) is 0 Å². The van der Waals surface area contributed by atoms with Crippen molar-refractivity contribution in [2.45, 2.75) is 0 Å². The van der Waals surface area contributed by atoms with Gasteiger partial charge in [-0.05, 0) is 48.0 Å². The van der Waals surface area contributed by atoms with Gasteiger partial charge >= 0.3 is 5.97 Å². The van der Waals surface area contributed by atoms with Crippen molar-refractivity contribution in [3.8, 4) is 17.6 Å². The molecule has 0 N–H and O–H groups in total. The number of esters is 1. The average Bonchev–Trinajstić information content (AvgIpc) is 2.78. The summed E-state index contributed by atoms with van der Waals surface area (Å²) in [5.41, 5.74) is 0.912. The van der Waals surface area contributed by atoms with Crippen molar-refractivity contribution in [2.24, 2.45) is 0 Å². The van der Waals surface area contributed by atoms with Gasteiger partial charge in [-0.15, -0.1) is 0 Å². The highest BCUT2D eigenvalue weighted by Gasteiger charge is 2.21. The number of hydrogen-bond acceptors (Lipinski definition) is 6. The first kappa shape index (κ1) is 21.4. The Kier molecular flexibility index (Phi) is 7.07. The highest BCUT2D eigenvalue weighted by Crippen LogP contribution is 2.30. The van der Waals surface area contributed by atoms with Crippen molar-refractivity contribution >= 4 is 29.6 Å². The van der Waals surface area contributed by atoms with Gasteiger partial charge in [0.1, 0.15) is 11.6 Å². The predicted octanol–water partition coefficient (Wildman–Crippen LogP) is 3.33. The van der Waals surface area contributed by atoms with Gasteiger partial charge in [-0.1, -0.05) is 17.7 Å². The SMILES string of the molecule is COc1cc(/C=C(\C#N)C(=O)N2CCOCC2)ccc1OC(=O)c1ccc(Cl)cc1. The molecule has 0 saturated carbocycles. The van der Waals surface area contributed by atoms with Crippen LogP contribution in [0.1, 0.15) is 15.9 Å². The molecule has 0 atom stereocenters. The first-order chi connectivity index (χ1) is 14.5. The molecule has 0 spiro atoms. The number of rotatable bonds is 5. The number of halogens is 1. The van der Waals surface area contributed by atoms with Gasteiger partial charge in [0.05, 0.1) is 25.9 Å². The van der Waals surface area contributed by atoms with Crippen LogP contribution in [0.5, 0.6) is 11.5 Å². The molecule has 30 heavy (non-hydrogen) atoms. The fourth-order valence-electron chi connectivity index (χ4n) is 2.85. The van der Waals surface area contributed by atoms with Crippen LogP contribution in [-0.2, 0) is 9.53 Å². The Bertz CT molecular complexity index is 1010. The third-order valence-corrected chi connectivity index (χ3v) is 4.68. The zero-order valence-electron chi connectivity index (χ0n) is 16.3. The summed E-state index contributed by atoms with van der Waals surface area (Å²) < 4.78 is 16.0. The van der Waals surface area contributed by atoms with E-state index < -0.39 is 5.97 Å². The number of benzene rings is 2. The van der Waals surface area contributed by atoms with Crippen LogP contribution in [-0.4, -0.2) is 50.2 Å². The molecule has 154 valence electrons. The minimum Gasteiger partial charge on any atom is -0.493 e. The van der Waals surface area contributed by atoms with Crippen molar-refractivity contribution in [1.82, 2.24) is 4.90 Å². The average molecular weight is 427 g/mol. The molecule has 3 rings (SSSR count). The minimum absolute atomic E-state index is 0.00450. The lowest BCUT2D eigenvalue weighted by Gasteiger charge is -2.26. The van der Waals surface area contributed by atoms with E-state index >= 15 is 0 Å². The Morgan fingerprint density at radius 2 is 1.83 bits per heavy atom. The minimum atomic E-state index is -0.562. The maximum Gasteiger partial charge on any atom is 0.343 e. The Labute approximate surface area is 179 Å². The summed E-state index contributed by atoms with van der Waals surface area (Å²) in [7, 11) is 1.44. The largest absolute Gasteiger partial charge is 0.493 e. The summed E-state index contributed by atoms with van der Waals surface area (Å²) in [5, 5.41) is 9.94. The molecule has 0 aromatic heterocycles. The van der Waals surface area contributed by atoms with E-state index in [1.54, 1.807) is 47.4 Å². The van der Waals surface area contributed by atoms with Crippen molar-refractivity contribution < 1.29 is 23.8 Å². The molecular weight excluding hydrogens is 408 g/mol. The van der Waals surface area contributed by atoms with Crippen LogP contribution in [0.4, 0.5) is 0 Å². The van der Waals surface area contributed by atoms with Gasteiger partial charge in [-0.2, -0.15) is 5.26 Å². The number of nitrogens with zero attached hydrogens (tertiary/aromatic N) is 2. The molecule has 1 amide bonds. The Balaban J connectivity index is 1.79. The van der Waals surface area contributed by atoms with E-state index in [1.165, 1.54) is 13.2 Å². The van der Waals surface area contributed by atoms with Gasteiger partial charge in [-0.3, -0.25) is 4.79 Å². The third-order valence-electron chi connectivity index (χ3n) is 4.43. The van der Waals surface area contributed by atoms with Crippen LogP contribution in [0.3, 0.4) is 0 Å². The summed E-state index contributed by atoms with van der Waals surface area (Å²) >= 11 is 5.83. The predicted molar refractivity (Wildman–Crippen MR) is 110 cm³/mol. The van der Waals surface area contributed by atoms with Crippen LogP contribution < -0.4 is 9.47 Å². The van der Waals surface area contributed by atoms with Crippen LogP contribution >= 0.6 is 11.6 Å². The molecule has 0 bridgehead atoms. The van der Waals surface area contributed by atoms with Gasteiger partial charge in [0.15, 0.2) is 11.5 Å². The molecule has 1 aliphatic heterocycles. The van der Waals surface area contributed by atoms with E-state index in [-0.39, 0.29) is 17.2 Å². The fraction of sp³-hybridized carbons (Fsp3) is 0.227. The molecule has 2 aromatic carbocycles. The summed E-state index contributed by atoms with van der Waals surface area (Å²) in [6, 6.07) is 13.0. The van der Waals surface area contributed by atoms with Crippen molar-refractivity contribution in [1.29, 1.82) is 5.26 Å². The highest BCUT2D eigenvalue weighted by molar-refractivity contribution is 6.30. The Hall–Kier alpha value is -3.34. The van der Waals surface area contributed by atoms with Crippen LogP contribution in [0.2, 0.25) is 5.02 Å². The number of ether oxygens (including phenoxy) is 3. The highest BCUT2D eigenvalue weighted by atomic mass is 35.5. The van der Waals surface area contributed by atoms with Crippen molar-refractivity contribution in [2.75, 3.05) is 33.4 Å². The standard InChI is InChI=1S/C22H19ClN2O5/c1-28-20-13-15(12-17(14-24)21(26)25-8-10-29-11-9-25)2-7-19(20)30-22(27)16-3-5-18(23)6-4-16/h2-7,12-13H,8-11H2,1H3/b17-12+. The molecule has 1 heterocycles. The zero-order valence-corrected chi connectivity index (χ0v) is 17.0. The van der Waals surface area contributed by atoms with Gasteiger partial charge in [-0.25, -0.2) is 4.79 Å². The smallest absolute Gasteiger partial charge is 0.343 e. The maximum absolute atomic E-state index is 12.6. The zero-order chi connectivity index (χ0) is 21.5. The van der Waals surface area contributed by atoms with Crippen LogP contribution in [0.25, 0.3) is 6.08 Å². The van der Waals surface area contributed by atoms with Crippen molar-refractivity contribution in [3.63, 3.8) is 0 Å². The molecule has 2 aromatic rings. The third kappa shape index (κ3) is 5.17. The molecule has 0 radical (unpaired) electrons. The summed E-state index contributed by atoms with van der Waals surface area (Å²) in [4.78, 5) is 26.5. The Morgan fingerprint density at radius 3 is 2.47 bits per heavy atom. The molecule has 1 fully saturated rings. The second-order valence-electron chi connectivity index (χ2n) is 6.38. The van der Waals surface area contributed by atoms with E-state index in [1.807, 2.05) is 6.07 Å². The second-order valence-corrected chi connectivity index (χ2v) is 6.82. The lowest BCUT2D eigenvalue weighted by Crippen LogP contribution is -2.41. The van der Waals surface area contributed by atoms with E-state index in [0.29, 0.717) is 48.2 Å². The maximum atomic E-state index is 12.6. The van der Waals surface area contributed by atoms with Crippen molar-refractivity contribution in [3.05, 3.63) is 64.2 Å². The summed E-state index contributed by atoms with van der Waals surface area (Å²) in [6.45, 7) is 1.79. The quantitative estimate of drug-likeness (QED) is 0.315. The monoisotopic (exact) mass is 426 g/mol. The topological polar surface area (TPSA) is 88.9 Å². The number of nitriles is 1. The number of amides is 1. The lowest BCUT2D eigenvalue weighted by atomic mass is 10.1. The molecule has 1 aliphatic rings. The van der Waals surface area contributed by atoms with E-state index in [0.717, 1.165) is 0 Å². The molecular formula is C22H19ClN2O5. The molecule has 0 aliphatic carbocycles. The number of carbonyl (C=O) groups is 2. The normalized spacial score (nSPS) is 14.0. The summed E-state index contributed by atoms with van der Waals surface area (Å²) in [5.74, 6) is -0.402. The van der Waals surface area contributed by atoms with E-state index in [2.05, 4.69) is 0 Å². The van der Waals surface area contributed by atoms with E-state index in [4.69, 9.17) is 25.8 Å². The number of methoxy groups -OCH3 is 1. The first-order valence-electron chi connectivity index (χ1n) is 9.16. The first-order valence-corrected chi connectivity index (χ1v) is 9.54. The number of hydrogen-bond donors (Lipinski definition) is 0. The lowest BCUT2D eigenvalue weighted by molar-refractivity contribution is -0.130. The van der Waals surface area contributed by atoms with E-state index in [9.17, 15) is 14.9 Å². The number of morpholine rings is 1. The van der Waals surface area contributed by atoms with Gasteiger partial charge in [0.25, 0.3) is 5.91 Å². The van der Waals surface area contributed by atoms with Gasteiger partial charge in [0, 0.05) is 18.1 Å². The summed E-state index contributed by atoms with van der Waals surface area (Å²) in [6.07, 6.45) is 1.48. The Morgan fingerprint density at radius 1 is 1.13 bits per heavy atom. The van der Waals surface area contributed by atoms with Crippen LogP contribution in [0, 0.1) is 11.3 Å². The second kappa shape index (κ2) is 9.92. The molecule has 7 nitrogen and oxygen atoms in total. The van der Waals surface area contributed by atoms with Gasteiger partial charge < -0.3 is 19.1 Å². The van der Waals surface area contributed by atoms with Crippen LogP contribution in [0.15, 0.2) is 48.0 Å².